The highest BCUT2D eigenvalue weighted by Crippen LogP contribution is 2.26. The molecule has 2 rings (SSSR count). The molecule has 1 aromatic carbocycles. The van der Waals surface area contributed by atoms with Crippen LogP contribution in [-0.4, -0.2) is 43.2 Å². The van der Waals surface area contributed by atoms with Gasteiger partial charge in [-0.15, -0.1) is 0 Å². The van der Waals surface area contributed by atoms with Crippen LogP contribution in [0.3, 0.4) is 0 Å². The molecule has 1 saturated heterocycles. The van der Waals surface area contributed by atoms with Crippen molar-refractivity contribution in [3.8, 4) is 0 Å². The Labute approximate surface area is 125 Å². The van der Waals surface area contributed by atoms with Crippen LogP contribution in [0.4, 0.5) is 4.39 Å². The molecule has 1 aliphatic heterocycles. The Kier molecular flexibility index (Phi) is 5.70. The van der Waals surface area contributed by atoms with Crippen LogP contribution in [0.15, 0.2) is 24.3 Å². The largest absolute Gasteiger partial charge is 0.374 e. The van der Waals surface area contributed by atoms with E-state index < -0.39 is 0 Å². The first-order valence-corrected chi connectivity index (χ1v) is 7.45. The fourth-order valence-electron chi connectivity index (χ4n) is 2.80. The SMILES string of the molecule is CC[C@H](c1ccc(F)cc1)N1CCO[C@@H](CNC(C)=O)C1. The van der Waals surface area contributed by atoms with Crippen LogP contribution >= 0.6 is 0 Å². The van der Waals surface area contributed by atoms with Crippen LogP contribution in [-0.2, 0) is 9.53 Å². The highest BCUT2D eigenvalue weighted by molar-refractivity contribution is 5.72. The lowest BCUT2D eigenvalue weighted by molar-refractivity contribution is -0.120. The summed E-state index contributed by atoms with van der Waals surface area (Å²) in [7, 11) is 0. The van der Waals surface area contributed by atoms with Crippen LogP contribution in [0, 0.1) is 5.82 Å². The molecule has 4 nitrogen and oxygen atoms in total. The van der Waals surface area contributed by atoms with E-state index in [0.29, 0.717) is 13.2 Å². The minimum absolute atomic E-state index is 0.0112. The molecular formula is C16H23FN2O2. The summed E-state index contributed by atoms with van der Waals surface area (Å²) in [6.07, 6.45) is 0.968. The van der Waals surface area contributed by atoms with Gasteiger partial charge in [-0.05, 0) is 24.1 Å². The second-order valence-corrected chi connectivity index (χ2v) is 5.40. The maximum atomic E-state index is 13.1. The lowest BCUT2D eigenvalue weighted by Gasteiger charge is -2.38. The summed E-state index contributed by atoms with van der Waals surface area (Å²) < 4.78 is 18.8. The third-order valence-electron chi connectivity index (χ3n) is 3.83. The van der Waals surface area contributed by atoms with Gasteiger partial charge < -0.3 is 10.1 Å². The molecule has 2 atom stereocenters. The summed E-state index contributed by atoms with van der Waals surface area (Å²) in [5.41, 5.74) is 1.12. The number of hydrogen-bond donors (Lipinski definition) is 1. The minimum atomic E-state index is -0.209. The van der Waals surface area contributed by atoms with E-state index in [1.807, 2.05) is 12.1 Å². The lowest BCUT2D eigenvalue weighted by Crippen LogP contribution is -2.48. The minimum Gasteiger partial charge on any atom is -0.374 e. The molecule has 1 aromatic rings. The van der Waals surface area contributed by atoms with Crippen molar-refractivity contribution in [3.63, 3.8) is 0 Å². The van der Waals surface area contributed by atoms with Crippen molar-refractivity contribution >= 4 is 5.91 Å². The molecule has 0 aromatic heterocycles. The molecule has 21 heavy (non-hydrogen) atoms. The molecule has 1 aliphatic rings. The van der Waals surface area contributed by atoms with Crippen molar-refractivity contribution in [2.45, 2.75) is 32.4 Å². The maximum absolute atomic E-state index is 13.1. The smallest absolute Gasteiger partial charge is 0.216 e. The van der Waals surface area contributed by atoms with Gasteiger partial charge in [-0.2, -0.15) is 0 Å². The van der Waals surface area contributed by atoms with Crippen molar-refractivity contribution in [3.05, 3.63) is 35.6 Å². The van der Waals surface area contributed by atoms with Gasteiger partial charge in [0, 0.05) is 32.6 Å². The van der Waals surface area contributed by atoms with Gasteiger partial charge in [-0.25, -0.2) is 4.39 Å². The number of halogens is 1. The fraction of sp³-hybridized carbons (Fsp3) is 0.562. The molecular weight excluding hydrogens is 271 g/mol. The Hall–Kier alpha value is -1.46. The second kappa shape index (κ2) is 7.52. The second-order valence-electron chi connectivity index (χ2n) is 5.40. The highest BCUT2D eigenvalue weighted by Gasteiger charge is 2.26. The molecule has 1 heterocycles. The number of hydrogen-bond acceptors (Lipinski definition) is 3. The summed E-state index contributed by atoms with van der Waals surface area (Å²) in [4.78, 5) is 13.3. The molecule has 0 spiro atoms. The number of morpholine rings is 1. The fourth-order valence-corrected chi connectivity index (χ4v) is 2.80. The maximum Gasteiger partial charge on any atom is 0.216 e. The number of nitrogens with zero attached hydrogens (tertiary/aromatic N) is 1. The summed E-state index contributed by atoms with van der Waals surface area (Å²) in [6.45, 7) is 6.45. The van der Waals surface area contributed by atoms with Gasteiger partial charge >= 0.3 is 0 Å². The van der Waals surface area contributed by atoms with Crippen molar-refractivity contribution < 1.29 is 13.9 Å². The molecule has 1 amide bonds. The first-order valence-electron chi connectivity index (χ1n) is 7.45. The summed E-state index contributed by atoms with van der Waals surface area (Å²) in [5.74, 6) is -0.250. The van der Waals surface area contributed by atoms with E-state index in [1.165, 1.54) is 19.1 Å². The average Bonchev–Trinajstić information content (AvgIpc) is 2.48. The summed E-state index contributed by atoms with van der Waals surface area (Å²) in [5, 5.41) is 2.80. The average molecular weight is 294 g/mol. The van der Waals surface area contributed by atoms with Crippen LogP contribution in [0.25, 0.3) is 0 Å². The molecule has 0 radical (unpaired) electrons. The number of nitrogens with one attached hydrogen (secondary N) is 1. The predicted molar refractivity (Wildman–Crippen MR) is 79.4 cm³/mol. The van der Waals surface area contributed by atoms with Gasteiger partial charge in [0.25, 0.3) is 0 Å². The number of benzene rings is 1. The highest BCUT2D eigenvalue weighted by atomic mass is 19.1. The van der Waals surface area contributed by atoms with E-state index in [0.717, 1.165) is 25.1 Å². The van der Waals surface area contributed by atoms with Crippen molar-refractivity contribution in [1.82, 2.24) is 10.2 Å². The van der Waals surface area contributed by atoms with Crippen molar-refractivity contribution in [2.24, 2.45) is 0 Å². The number of carbonyl (C=O) groups is 1. The third-order valence-corrected chi connectivity index (χ3v) is 3.83. The van der Waals surface area contributed by atoms with Crippen LogP contribution in [0.1, 0.15) is 31.9 Å². The zero-order chi connectivity index (χ0) is 15.2. The van der Waals surface area contributed by atoms with Gasteiger partial charge in [0.1, 0.15) is 5.82 Å². The van der Waals surface area contributed by atoms with E-state index in [4.69, 9.17) is 4.74 Å². The Balaban J connectivity index is 2.00. The van der Waals surface area contributed by atoms with Crippen LogP contribution in [0.5, 0.6) is 0 Å². The van der Waals surface area contributed by atoms with Gasteiger partial charge in [0.15, 0.2) is 0 Å². The van der Waals surface area contributed by atoms with E-state index in [9.17, 15) is 9.18 Å². The summed E-state index contributed by atoms with van der Waals surface area (Å²) in [6, 6.07) is 6.97. The quantitative estimate of drug-likeness (QED) is 0.904. The normalized spacial score (nSPS) is 21.0. The standard InChI is InChI=1S/C16H23FN2O2/c1-3-16(13-4-6-14(17)7-5-13)19-8-9-21-15(11-19)10-18-12(2)20/h4-7,15-16H,3,8-11H2,1-2H3,(H,18,20)/t15-,16+/m0/s1. The van der Waals surface area contributed by atoms with E-state index in [2.05, 4.69) is 17.1 Å². The van der Waals surface area contributed by atoms with Crippen molar-refractivity contribution in [1.29, 1.82) is 0 Å². The molecule has 1 N–H and O–H groups in total. The molecule has 5 heteroatoms. The first kappa shape index (κ1) is 15.9. The molecule has 0 saturated carbocycles. The number of carbonyl (C=O) groups excluding carboxylic acids is 1. The number of amides is 1. The van der Waals surface area contributed by atoms with E-state index in [-0.39, 0.29) is 23.9 Å². The first-order chi connectivity index (χ1) is 10.1. The number of ether oxygens (including phenoxy) is 1. The Morgan fingerprint density at radius 2 is 2.19 bits per heavy atom. The van der Waals surface area contributed by atoms with Gasteiger partial charge in [0.2, 0.25) is 5.91 Å². The van der Waals surface area contributed by atoms with Gasteiger partial charge in [0.05, 0.1) is 12.7 Å². The van der Waals surface area contributed by atoms with Crippen LogP contribution < -0.4 is 5.32 Å². The monoisotopic (exact) mass is 294 g/mol. The molecule has 116 valence electrons. The van der Waals surface area contributed by atoms with Gasteiger partial charge in [-0.3, -0.25) is 9.69 Å². The van der Waals surface area contributed by atoms with E-state index in [1.54, 1.807) is 0 Å². The third kappa shape index (κ3) is 4.51. The molecule has 0 bridgehead atoms. The van der Waals surface area contributed by atoms with Gasteiger partial charge in [-0.1, -0.05) is 19.1 Å². The predicted octanol–water partition coefficient (Wildman–Crippen LogP) is 2.11. The van der Waals surface area contributed by atoms with E-state index >= 15 is 0 Å². The van der Waals surface area contributed by atoms with Crippen molar-refractivity contribution in [2.75, 3.05) is 26.2 Å². The number of rotatable bonds is 5. The Morgan fingerprint density at radius 3 is 2.81 bits per heavy atom. The zero-order valence-electron chi connectivity index (χ0n) is 12.6. The molecule has 1 fully saturated rings. The Bertz CT molecular complexity index is 464. The zero-order valence-corrected chi connectivity index (χ0v) is 12.6. The molecule has 0 unspecified atom stereocenters. The Morgan fingerprint density at radius 1 is 1.48 bits per heavy atom. The lowest BCUT2D eigenvalue weighted by atomic mass is 10.0. The van der Waals surface area contributed by atoms with Crippen LogP contribution in [0.2, 0.25) is 0 Å². The topological polar surface area (TPSA) is 41.6 Å². The summed E-state index contributed by atoms with van der Waals surface area (Å²) >= 11 is 0. The molecule has 0 aliphatic carbocycles.